The second-order valence-corrected chi connectivity index (χ2v) is 5.19. The maximum absolute atomic E-state index is 12.2. The standard InChI is InChI=1S/C15H18N2O3/c1-2-20-12-7-3-10(4-8-12)16-13-9-14(18)17(15(13)19)11-5-6-11/h3-4,7-8,11,13,16H,2,5-6,9H2,1H3/t13-/m1/s1. The van der Waals surface area contributed by atoms with Crippen LogP contribution in [0.15, 0.2) is 24.3 Å². The van der Waals surface area contributed by atoms with E-state index in [1.807, 2.05) is 31.2 Å². The molecule has 1 aliphatic carbocycles. The fourth-order valence-corrected chi connectivity index (χ4v) is 2.50. The first-order chi connectivity index (χ1) is 9.69. The van der Waals surface area contributed by atoms with Crippen LogP contribution in [0.5, 0.6) is 5.75 Å². The summed E-state index contributed by atoms with van der Waals surface area (Å²) in [6, 6.07) is 7.16. The summed E-state index contributed by atoms with van der Waals surface area (Å²) in [6.07, 6.45) is 2.16. The van der Waals surface area contributed by atoms with Crippen LogP contribution in [-0.2, 0) is 9.59 Å². The van der Waals surface area contributed by atoms with Crippen molar-refractivity contribution in [2.24, 2.45) is 0 Å². The fourth-order valence-electron chi connectivity index (χ4n) is 2.50. The van der Waals surface area contributed by atoms with Gasteiger partial charge in [-0.3, -0.25) is 14.5 Å². The average Bonchev–Trinajstić information content (AvgIpc) is 3.21. The van der Waals surface area contributed by atoms with Crippen molar-refractivity contribution in [3.63, 3.8) is 0 Å². The molecule has 1 atom stereocenters. The van der Waals surface area contributed by atoms with E-state index in [1.165, 1.54) is 4.90 Å². The largest absolute Gasteiger partial charge is 0.494 e. The van der Waals surface area contributed by atoms with Gasteiger partial charge < -0.3 is 10.1 Å². The number of nitrogens with one attached hydrogen (secondary N) is 1. The van der Waals surface area contributed by atoms with Crippen LogP contribution in [0.2, 0.25) is 0 Å². The smallest absolute Gasteiger partial charge is 0.252 e. The van der Waals surface area contributed by atoms with Gasteiger partial charge in [0.25, 0.3) is 5.91 Å². The minimum atomic E-state index is -0.430. The molecule has 0 bridgehead atoms. The van der Waals surface area contributed by atoms with Gasteiger partial charge in [0.05, 0.1) is 13.0 Å². The van der Waals surface area contributed by atoms with Crippen molar-refractivity contribution in [1.29, 1.82) is 0 Å². The van der Waals surface area contributed by atoms with Crippen LogP contribution in [0.25, 0.3) is 0 Å². The lowest BCUT2D eigenvalue weighted by Crippen LogP contribution is -2.36. The Kier molecular flexibility index (Phi) is 3.34. The first-order valence-electron chi connectivity index (χ1n) is 7.04. The van der Waals surface area contributed by atoms with E-state index in [1.54, 1.807) is 0 Å². The molecule has 1 saturated carbocycles. The quantitative estimate of drug-likeness (QED) is 0.832. The monoisotopic (exact) mass is 274 g/mol. The highest BCUT2D eigenvalue weighted by Crippen LogP contribution is 2.32. The lowest BCUT2D eigenvalue weighted by atomic mass is 10.2. The Morgan fingerprint density at radius 2 is 1.95 bits per heavy atom. The van der Waals surface area contributed by atoms with E-state index in [4.69, 9.17) is 4.74 Å². The molecule has 20 heavy (non-hydrogen) atoms. The van der Waals surface area contributed by atoms with Crippen LogP contribution in [-0.4, -0.2) is 35.4 Å². The summed E-state index contributed by atoms with van der Waals surface area (Å²) in [4.78, 5) is 25.5. The second-order valence-electron chi connectivity index (χ2n) is 5.19. The summed E-state index contributed by atoms with van der Waals surface area (Å²) in [7, 11) is 0. The van der Waals surface area contributed by atoms with Crippen molar-refractivity contribution >= 4 is 17.5 Å². The van der Waals surface area contributed by atoms with Gasteiger partial charge in [-0.15, -0.1) is 0 Å². The Morgan fingerprint density at radius 1 is 1.25 bits per heavy atom. The van der Waals surface area contributed by atoms with Crippen molar-refractivity contribution in [1.82, 2.24) is 4.90 Å². The van der Waals surface area contributed by atoms with Gasteiger partial charge in [0, 0.05) is 11.7 Å². The minimum Gasteiger partial charge on any atom is -0.494 e. The Morgan fingerprint density at radius 3 is 2.55 bits per heavy atom. The Bertz CT molecular complexity index is 522. The number of imide groups is 1. The number of hydrogen-bond acceptors (Lipinski definition) is 4. The molecule has 0 aromatic heterocycles. The van der Waals surface area contributed by atoms with E-state index < -0.39 is 6.04 Å². The van der Waals surface area contributed by atoms with E-state index in [2.05, 4.69) is 5.32 Å². The van der Waals surface area contributed by atoms with Gasteiger partial charge >= 0.3 is 0 Å². The molecule has 2 fully saturated rings. The second kappa shape index (κ2) is 5.15. The number of benzene rings is 1. The number of hydrogen-bond donors (Lipinski definition) is 1. The number of nitrogens with zero attached hydrogens (tertiary/aromatic N) is 1. The number of likely N-dealkylation sites (tertiary alicyclic amines) is 1. The highest BCUT2D eigenvalue weighted by molar-refractivity contribution is 6.07. The van der Waals surface area contributed by atoms with E-state index >= 15 is 0 Å². The fraction of sp³-hybridized carbons (Fsp3) is 0.467. The molecule has 2 aliphatic rings. The maximum atomic E-state index is 12.2. The number of ether oxygens (including phenoxy) is 1. The van der Waals surface area contributed by atoms with E-state index in [9.17, 15) is 9.59 Å². The zero-order valence-corrected chi connectivity index (χ0v) is 11.5. The predicted octanol–water partition coefficient (Wildman–Crippen LogP) is 1.79. The van der Waals surface area contributed by atoms with E-state index in [0.717, 1.165) is 24.3 Å². The molecule has 1 heterocycles. The lowest BCUT2D eigenvalue weighted by molar-refractivity contribution is -0.139. The van der Waals surface area contributed by atoms with Crippen LogP contribution < -0.4 is 10.1 Å². The maximum Gasteiger partial charge on any atom is 0.252 e. The molecule has 1 aromatic carbocycles. The van der Waals surface area contributed by atoms with Gasteiger partial charge in [-0.05, 0) is 44.0 Å². The molecule has 106 valence electrons. The SMILES string of the molecule is CCOc1ccc(N[C@@H]2CC(=O)N(C3CC3)C2=O)cc1. The molecular weight excluding hydrogens is 256 g/mol. The van der Waals surface area contributed by atoms with Crippen LogP contribution in [0.1, 0.15) is 26.2 Å². The highest BCUT2D eigenvalue weighted by Gasteiger charge is 2.46. The van der Waals surface area contributed by atoms with Gasteiger partial charge in [-0.2, -0.15) is 0 Å². The number of carbonyl (C=O) groups excluding carboxylic acids is 2. The summed E-state index contributed by atoms with van der Waals surface area (Å²) in [5.41, 5.74) is 0.831. The van der Waals surface area contributed by atoms with Crippen molar-refractivity contribution in [3.8, 4) is 5.75 Å². The Hall–Kier alpha value is -2.04. The third-order valence-corrected chi connectivity index (χ3v) is 3.60. The molecule has 5 heteroatoms. The van der Waals surface area contributed by atoms with E-state index in [-0.39, 0.29) is 24.3 Å². The molecule has 0 spiro atoms. The summed E-state index contributed by atoms with van der Waals surface area (Å²) in [6.45, 7) is 2.56. The lowest BCUT2D eigenvalue weighted by Gasteiger charge is -2.15. The predicted molar refractivity (Wildman–Crippen MR) is 74.5 cm³/mol. The number of carbonyl (C=O) groups is 2. The van der Waals surface area contributed by atoms with Gasteiger partial charge in [0.2, 0.25) is 5.91 Å². The number of amides is 2. The third kappa shape index (κ3) is 2.48. The van der Waals surface area contributed by atoms with Gasteiger partial charge in [0.15, 0.2) is 0 Å². The summed E-state index contributed by atoms with van der Waals surface area (Å²) in [5.74, 6) is 0.652. The summed E-state index contributed by atoms with van der Waals surface area (Å²) >= 11 is 0. The van der Waals surface area contributed by atoms with Crippen LogP contribution in [0.4, 0.5) is 5.69 Å². The van der Waals surface area contributed by atoms with Crippen LogP contribution in [0.3, 0.4) is 0 Å². The van der Waals surface area contributed by atoms with Gasteiger partial charge in [0.1, 0.15) is 11.8 Å². The Labute approximate surface area is 117 Å². The molecule has 0 radical (unpaired) electrons. The zero-order valence-electron chi connectivity index (χ0n) is 11.5. The highest BCUT2D eigenvalue weighted by atomic mass is 16.5. The molecule has 1 N–H and O–H groups in total. The molecule has 1 aliphatic heterocycles. The topological polar surface area (TPSA) is 58.6 Å². The van der Waals surface area contributed by atoms with Crippen molar-refractivity contribution < 1.29 is 14.3 Å². The number of rotatable bonds is 5. The van der Waals surface area contributed by atoms with Gasteiger partial charge in [-0.1, -0.05) is 0 Å². The molecule has 1 aromatic rings. The Balaban J connectivity index is 1.65. The van der Waals surface area contributed by atoms with Crippen molar-refractivity contribution in [3.05, 3.63) is 24.3 Å². The normalized spacial score (nSPS) is 22.2. The zero-order chi connectivity index (χ0) is 14.1. The molecule has 3 rings (SSSR count). The minimum absolute atomic E-state index is 0.0547. The third-order valence-electron chi connectivity index (χ3n) is 3.60. The van der Waals surface area contributed by atoms with Gasteiger partial charge in [-0.25, -0.2) is 0 Å². The first kappa shape index (κ1) is 13.0. The van der Waals surface area contributed by atoms with E-state index in [0.29, 0.717) is 6.61 Å². The molecule has 5 nitrogen and oxygen atoms in total. The molecule has 2 amide bonds. The first-order valence-corrected chi connectivity index (χ1v) is 7.04. The average molecular weight is 274 g/mol. The summed E-state index contributed by atoms with van der Waals surface area (Å²) in [5, 5.41) is 3.14. The molecule has 0 unspecified atom stereocenters. The molecular formula is C15H18N2O3. The van der Waals surface area contributed by atoms with Crippen LogP contribution >= 0.6 is 0 Å². The van der Waals surface area contributed by atoms with Crippen molar-refractivity contribution in [2.75, 3.05) is 11.9 Å². The summed E-state index contributed by atoms with van der Waals surface area (Å²) < 4.78 is 5.37. The van der Waals surface area contributed by atoms with Crippen molar-refractivity contribution in [2.45, 2.75) is 38.3 Å². The van der Waals surface area contributed by atoms with Crippen LogP contribution in [0, 0.1) is 0 Å². The number of anilines is 1. The molecule has 1 saturated heterocycles.